The molecule has 26 valence electrons. The molecule has 5 heavy (non-hydrogen) atoms. The van der Waals surface area contributed by atoms with E-state index in [0.29, 0.717) is 0 Å². The summed E-state index contributed by atoms with van der Waals surface area (Å²) in [4.78, 5) is 0. The second-order valence-corrected chi connectivity index (χ2v) is 0. The largest absolute Gasteiger partial charge is 0.147 e. The Balaban J connectivity index is 0. The van der Waals surface area contributed by atoms with Crippen LogP contribution in [-0.4, -0.2) is 34.7 Å². The van der Waals surface area contributed by atoms with Crippen LogP contribution in [-0.2, 0) is 26.2 Å². The molecule has 0 aliphatic heterocycles. The molecular formula is H2Al2Cl2Zr. The summed E-state index contributed by atoms with van der Waals surface area (Å²) in [5.74, 6) is 0. The van der Waals surface area contributed by atoms with Crippen molar-refractivity contribution in [2.75, 3.05) is 0 Å². The zero-order valence-corrected chi connectivity index (χ0v) is 8.87. The maximum absolute atomic E-state index is 0. The van der Waals surface area contributed by atoms with Crippen LogP contribution in [0.2, 0.25) is 0 Å². The molecule has 0 aliphatic carbocycles. The number of halogens is 2. The van der Waals surface area contributed by atoms with Crippen molar-refractivity contribution in [2.45, 2.75) is 0 Å². The summed E-state index contributed by atoms with van der Waals surface area (Å²) >= 11 is 0. The van der Waals surface area contributed by atoms with E-state index in [4.69, 9.17) is 0 Å². The van der Waals surface area contributed by atoms with Gasteiger partial charge in [0.1, 0.15) is 0 Å². The first-order valence-electron chi connectivity index (χ1n) is 0. The van der Waals surface area contributed by atoms with Crippen LogP contribution in [0.4, 0.5) is 0 Å². The Morgan fingerprint density at radius 3 is 0.600 bits per heavy atom. The van der Waals surface area contributed by atoms with Gasteiger partial charge in [0.05, 0.1) is 0 Å². The van der Waals surface area contributed by atoms with Gasteiger partial charge in [0.25, 0.3) is 0 Å². The van der Waals surface area contributed by atoms with E-state index in [2.05, 4.69) is 0 Å². The van der Waals surface area contributed by atoms with Crippen molar-refractivity contribution in [2.24, 2.45) is 0 Å². The van der Waals surface area contributed by atoms with Crippen molar-refractivity contribution in [3.8, 4) is 0 Å². The van der Waals surface area contributed by atoms with Crippen molar-refractivity contribution < 1.29 is 26.2 Å². The Bertz CT molecular complexity index is 7.61. The van der Waals surface area contributed by atoms with Gasteiger partial charge in [-0.25, -0.2) is 0 Å². The topological polar surface area (TPSA) is 0 Å². The Morgan fingerprint density at radius 2 is 0.600 bits per heavy atom. The maximum atomic E-state index is 0. The van der Waals surface area contributed by atoms with E-state index < -0.39 is 0 Å². The smallest absolute Gasteiger partial charge is 0 e. The standard InChI is InChI=1S/2Al.2ClH.Zr/h;;2*1H;. The SMILES string of the molecule is Cl.Cl.[Al].[Al].[Zr]. The monoisotopic (exact) mass is 216 g/mol. The molecule has 0 aromatic heterocycles. The molecule has 0 bridgehead atoms. The minimum Gasteiger partial charge on any atom is -0.147 e. The molecule has 0 aliphatic rings. The molecule has 0 fully saturated rings. The first-order chi connectivity index (χ1) is 0. The average Bonchev–Trinajstić information content (AvgIpc) is 0. The van der Waals surface area contributed by atoms with Crippen molar-refractivity contribution in [3.63, 3.8) is 0 Å². The molecule has 0 heterocycles. The Labute approximate surface area is 84.7 Å². The Morgan fingerprint density at radius 1 is 0.600 bits per heavy atom. The van der Waals surface area contributed by atoms with Crippen LogP contribution in [0.15, 0.2) is 0 Å². The summed E-state index contributed by atoms with van der Waals surface area (Å²) in [5.41, 5.74) is 0. The van der Waals surface area contributed by atoms with Crippen LogP contribution in [0.25, 0.3) is 0 Å². The Hall–Kier alpha value is 2.53. The quantitative estimate of drug-likeness (QED) is 0.505. The van der Waals surface area contributed by atoms with Crippen LogP contribution in [0.3, 0.4) is 0 Å². The molecule has 0 aromatic rings. The minimum atomic E-state index is 0. The molecule has 0 atom stereocenters. The molecule has 0 saturated heterocycles. The molecule has 0 unspecified atom stereocenters. The van der Waals surface area contributed by atoms with E-state index in [9.17, 15) is 0 Å². The second-order valence-electron chi connectivity index (χ2n) is 0. The van der Waals surface area contributed by atoms with Crippen molar-refractivity contribution >= 4 is 59.5 Å². The van der Waals surface area contributed by atoms with Crippen molar-refractivity contribution in [1.29, 1.82) is 0 Å². The molecule has 0 nitrogen and oxygen atoms in total. The van der Waals surface area contributed by atoms with Crippen molar-refractivity contribution in [3.05, 3.63) is 0 Å². The van der Waals surface area contributed by atoms with Gasteiger partial charge in [0, 0.05) is 60.9 Å². The van der Waals surface area contributed by atoms with Gasteiger partial charge in [-0.3, -0.25) is 0 Å². The van der Waals surface area contributed by atoms with Gasteiger partial charge in [0.15, 0.2) is 0 Å². The fourth-order valence-corrected chi connectivity index (χ4v) is 0. The molecule has 0 rings (SSSR count). The summed E-state index contributed by atoms with van der Waals surface area (Å²) < 4.78 is 0. The zero-order chi connectivity index (χ0) is 0. The third-order valence-corrected chi connectivity index (χ3v) is 0. The molecular weight excluding hydrogens is 216 g/mol. The molecule has 0 aromatic carbocycles. The third-order valence-electron chi connectivity index (χ3n) is 0. The van der Waals surface area contributed by atoms with E-state index in [1.165, 1.54) is 0 Å². The summed E-state index contributed by atoms with van der Waals surface area (Å²) in [7, 11) is 0. The van der Waals surface area contributed by atoms with Gasteiger partial charge in [0.2, 0.25) is 0 Å². The fourth-order valence-electron chi connectivity index (χ4n) is 0. The van der Waals surface area contributed by atoms with Crippen LogP contribution < -0.4 is 0 Å². The van der Waals surface area contributed by atoms with E-state index in [1.807, 2.05) is 0 Å². The van der Waals surface area contributed by atoms with Crippen molar-refractivity contribution in [1.82, 2.24) is 0 Å². The fraction of sp³-hybridized carbons (Fsp3) is 0. The summed E-state index contributed by atoms with van der Waals surface area (Å²) in [5, 5.41) is 0. The summed E-state index contributed by atoms with van der Waals surface area (Å²) in [6.45, 7) is 0. The molecule has 0 N–H and O–H groups in total. The third kappa shape index (κ3) is 20.9. The molecule has 0 spiro atoms. The van der Waals surface area contributed by atoms with E-state index in [0.717, 1.165) is 0 Å². The van der Waals surface area contributed by atoms with Gasteiger partial charge in [-0.15, -0.1) is 24.8 Å². The normalized spacial score (nSPS) is 0. The van der Waals surface area contributed by atoms with Crippen LogP contribution in [0.1, 0.15) is 0 Å². The predicted molar refractivity (Wildman–Crippen MR) is 26.0 cm³/mol. The maximum Gasteiger partial charge on any atom is 0 e. The number of hydrogen-bond acceptors (Lipinski definition) is 0. The zero-order valence-electron chi connectivity index (χ0n) is 2.47. The molecule has 0 saturated carbocycles. The average molecular weight is 218 g/mol. The van der Waals surface area contributed by atoms with Crippen LogP contribution >= 0.6 is 24.8 Å². The summed E-state index contributed by atoms with van der Waals surface area (Å²) in [6.07, 6.45) is 0. The van der Waals surface area contributed by atoms with Gasteiger partial charge < -0.3 is 0 Å². The second kappa shape index (κ2) is 31.2. The predicted octanol–water partition coefficient (Wildman–Crippen LogP) is 0.0795. The van der Waals surface area contributed by atoms with Gasteiger partial charge in [-0.1, -0.05) is 0 Å². The van der Waals surface area contributed by atoms with E-state index in [1.54, 1.807) is 0 Å². The molecule has 0 amide bonds. The minimum absolute atomic E-state index is 0. The van der Waals surface area contributed by atoms with Gasteiger partial charge in [-0.2, -0.15) is 0 Å². The van der Waals surface area contributed by atoms with E-state index in [-0.39, 0.29) is 85.7 Å². The molecule has 5 heteroatoms. The number of rotatable bonds is 0. The first kappa shape index (κ1) is 50.2. The van der Waals surface area contributed by atoms with Gasteiger partial charge in [-0.05, 0) is 0 Å². The number of hydrogen-bond donors (Lipinski definition) is 0. The molecule has 6 radical (unpaired) electrons. The van der Waals surface area contributed by atoms with Gasteiger partial charge >= 0.3 is 0 Å². The van der Waals surface area contributed by atoms with Crippen LogP contribution in [0.5, 0.6) is 0 Å². The van der Waals surface area contributed by atoms with E-state index >= 15 is 0 Å². The summed E-state index contributed by atoms with van der Waals surface area (Å²) in [6, 6.07) is 0. The first-order valence-corrected chi connectivity index (χ1v) is 0. The van der Waals surface area contributed by atoms with Crippen LogP contribution in [0, 0.1) is 0 Å². The Kier molecular flexibility index (Phi) is 313.